The molecule has 2 heterocycles. The van der Waals surface area contributed by atoms with Gasteiger partial charge < -0.3 is 5.32 Å². The van der Waals surface area contributed by atoms with Gasteiger partial charge in [-0.25, -0.2) is 0 Å². The lowest BCUT2D eigenvalue weighted by Crippen LogP contribution is -2.14. The monoisotopic (exact) mass is 488 g/mol. The van der Waals surface area contributed by atoms with Crippen LogP contribution in [0.1, 0.15) is 10.7 Å². The van der Waals surface area contributed by atoms with Crippen molar-refractivity contribution in [3.63, 3.8) is 0 Å². The number of nitrogens with zero attached hydrogens (tertiary/aromatic N) is 3. The zero-order valence-electron chi connectivity index (χ0n) is 16.7. The Morgan fingerprint density at radius 3 is 2.50 bits per heavy atom. The third-order valence-corrected chi connectivity index (χ3v) is 6.85. The van der Waals surface area contributed by atoms with Crippen molar-refractivity contribution in [1.82, 2.24) is 14.8 Å². The normalized spacial score (nSPS) is 11.1. The van der Waals surface area contributed by atoms with Crippen molar-refractivity contribution >= 4 is 46.5 Å². The molecule has 0 unspecified atom stereocenters. The Labute approximate surface area is 196 Å². The topological polar surface area (TPSA) is 59.8 Å². The molecule has 4 rings (SSSR count). The molecule has 0 aliphatic heterocycles. The standard InChI is InChI=1S/C22H18F2N4OS3/c23-21(24)32-17-10-8-15(9-11-17)25-20(29)14-31-22-27-26-19(13-18-7-4-12-30-18)28(22)16-5-2-1-3-6-16/h1-12,21H,13-14H2,(H,25,29). The predicted octanol–water partition coefficient (Wildman–Crippen LogP) is 5.97. The van der Waals surface area contributed by atoms with E-state index in [0.29, 0.717) is 33.9 Å². The lowest BCUT2D eigenvalue weighted by molar-refractivity contribution is -0.113. The van der Waals surface area contributed by atoms with Crippen molar-refractivity contribution in [1.29, 1.82) is 0 Å². The van der Waals surface area contributed by atoms with Crippen molar-refractivity contribution in [2.45, 2.75) is 22.2 Å². The predicted molar refractivity (Wildman–Crippen MR) is 126 cm³/mol. The molecule has 0 fully saturated rings. The molecule has 0 atom stereocenters. The Kier molecular flexibility index (Phi) is 7.56. The lowest BCUT2D eigenvalue weighted by atomic mass is 10.3. The fraction of sp³-hybridized carbons (Fsp3) is 0.136. The van der Waals surface area contributed by atoms with Gasteiger partial charge in [0, 0.05) is 27.6 Å². The number of hydrogen-bond acceptors (Lipinski definition) is 6. The molecule has 0 bridgehead atoms. The van der Waals surface area contributed by atoms with E-state index in [0.717, 1.165) is 11.5 Å². The van der Waals surface area contributed by atoms with E-state index in [4.69, 9.17) is 0 Å². The van der Waals surface area contributed by atoms with Gasteiger partial charge in [0.05, 0.1) is 5.75 Å². The van der Waals surface area contributed by atoms with Crippen LogP contribution in [0.25, 0.3) is 5.69 Å². The second-order valence-corrected chi connectivity index (χ2v) is 9.60. The number of carbonyl (C=O) groups excluding carboxylic acids is 1. The summed E-state index contributed by atoms with van der Waals surface area (Å²) >= 11 is 3.42. The van der Waals surface area contributed by atoms with Crippen LogP contribution in [-0.2, 0) is 11.2 Å². The van der Waals surface area contributed by atoms with E-state index in [9.17, 15) is 13.6 Å². The first kappa shape index (κ1) is 22.5. The number of thiophene rings is 1. The summed E-state index contributed by atoms with van der Waals surface area (Å²) in [4.78, 5) is 14.1. The summed E-state index contributed by atoms with van der Waals surface area (Å²) < 4.78 is 26.8. The van der Waals surface area contributed by atoms with Crippen molar-refractivity contribution in [2.75, 3.05) is 11.1 Å². The van der Waals surface area contributed by atoms with Crippen LogP contribution in [0, 0.1) is 0 Å². The third kappa shape index (κ3) is 5.96. The maximum atomic E-state index is 12.4. The molecule has 4 aromatic rings. The van der Waals surface area contributed by atoms with Crippen LogP contribution in [-0.4, -0.2) is 32.2 Å². The molecule has 0 aliphatic carbocycles. The first-order chi connectivity index (χ1) is 15.6. The maximum Gasteiger partial charge on any atom is 0.288 e. The molecule has 2 aromatic heterocycles. The fourth-order valence-electron chi connectivity index (χ4n) is 2.96. The summed E-state index contributed by atoms with van der Waals surface area (Å²) in [5.74, 6) is -1.75. The highest BCUT2D eigenvalue weighted by Crippen LogP contribution is 2.27. The summed E-state index contributed by atoms with van der Waals surface area (Å²) in [6.07, 6.45) is 0.648. The number of carbonyl (C=O) groups is 1. The van der Waals surface area contributed by atoms with Crippen molar-refractivity contribution in [2.24, 2.45) is 0 Å². The molecule has 0 spiro atoms. The zero-order chi connectivity index (χ0) is 22.3. The van der Waals surface area contributed by atoms with Crippen LogP contribution >= 0.6 is 34.9 Å². The van der Waals surface area contributed by atoms with Gasteiger partial charge in [-0.05, 0) is 47.8 Å². The SMILES string of the molecule is O=C(CSc1nnc(Cc2cccs2)n1-c1ccccc1)Nc1ccc(SC(F)F)cc1. The molecule has 1 N–H and O–H groups in total. The minimum absolute atomic E-state index is 0.136. The molecule has 1 amide bonds. The van der Waals surface area contributed by atoms with Gasteiger partial charge in [0.25, 0.3) is 5.76 Å². The summed E-state index contributed by atoms with van der Waals surface area (Å²) in [5.41, 5.74) is 1.48. The van der Waals surface area contributed by atoms with Crippen LogP contribution in [0.15, 0.2) is 82.2 Å². The van der Waals surface area contributed by atoms with E-state index in [2.05, 4.69) is 21.6 Å². The summed E-state index contributed by atoms with van der Waals surface area (Å²) in [5, 5.41) is 14.1. The number of aromatic nitrogens is 3. The van der Waals surface area contributed by atoms with Crippen LogP contribution in [0.4, 0.5) is 14.5 Å². The van der Waals surface area contributed by atoms with Gasteiger partial charge in [-0.15, -0.1) is 21.5 Å². The molecule has 10 heteroatoms. The minimum Gasteiger partial charge on any atom is -0.325 e. The highest BCUT2D eigenvalue weighted by atomic mass is 32.2. The largest absolute Gasteiger partial charge is 0.325 e. The fourth-order valence-corrected chi connectivity index (χ4v) is 4.93. The minimum atomic E-state index is -2.47. The second-order valence-electron chi connectivity index (χ2n) is 6.57. The first-order valence-corrected chi connectivity index (χ1v) is 12.3. The van der Waals surface area contributed by atoms with Gasteiger partial charge in [0.15, 0.2) is 5.16 Å². The zero-order valence-corrected chi connectivity index (χ0v) is 19.1. The molecule has 32 heavy (non-hydrogen) atoms. The lowest BCUT2D eigenvalue weighted by Gasteiger charge is -2.10. The average molecular weight is 489 g/mol. The van der Waals surface area contributed by atoms with Gasteiger partial charge in [-0.2, -0.15) is 8.78 Å². The van der Waals surface area contributed by atoms with Gasteiger partial charge in [-0.1, -0.05) is 47.8 Å². The Bertz CT molecular complexity index is 1150. The van der Waals surface area contributed by atoms with Crippen LogP contribution in [0.2, 0.25) is 0 Å². The third-order valence-electron chi connectivity index (χ3n) is 4.32. The number of anilines is 1. The van der Waals surface area contributed by atoms with Gasteiger partial charge in [0.1, 0.15) is 5.82 Å². The smallest absolute Gasteiger partial charge is 0.288 e. The molecular formula is C22H18F2N4OS3. The second kappa shape index (κ2) is 10.8. The van der Waals surface area contributed by atoms with Crippen molar-refractivity contribution in [3.05, 3.63) is 82.8 Å². The molecule has 0 saturated heterocycles. The van der Waals surface area contributed by atoms with E-state index >= 15 is 0 Å². The molecule has 2 aromatic carbocycles. The Hall–Kier alpha value is -2.69. The highest BCUT2D eigenvalue weighted by molar-refractivity contribution is 8.00. The molecule has 164 valence electrons. The molecule has 0 saturated carbocycles. The van der Waals surface area contributed by atoms with E-state index in [1.807, 2.05) is 46.3 Å². The summed E-state index contributed by atoms with van der Waals surface area (Å²) in [6.45, 7) is 0. The maximum absolute atomic E-state index is 12.4. The number of halogens is 2. The number of para-hydroxylation sites is 1. The number of benzene rings is 2. The number of amides is 1. The van der Waals surface area contributed by atoms with E-state index < -0.39 is 5.76 Å². The van der Waals surface area contributed by atoms with E-state index in [1.165, 1.54) is 16.6 Å². The van der Waals surface area contributed by atoms with Crippen LogP contribution in [0.3, 0.4) is 0 Å². The Morgan fingerprint density at radius 1 is 1.03 bits per heavy atom. The van der Waals surface area contributed by atoms with Gasteiger partial charge >= 0.3 is 0 Å². The molecule has 5 nitrogen and oxygen atoms in total. The van der Waals surface area contributed by atoms with Gasteiger partial charge in [-0.3, -0.25) is 9.36 Å². The molecular weight excluding hydrogens is 470 g/mol. The Balaban J connectivity index is 1.44. The number of rotatable bonds is 9. The average Bonchev–Trinajstić information content (AvgIpc) is 3.44. The summed E-state index contributed by atoms with van der Waals surface area (Å²) in [6, 6.07) is 20.2. The summed E-state index contributed by atoms with van der Waals surface area (Å²) in [7, 11) is 0. The number of nitrogens with one attached hydrogen (secondary N) is 1. The van der Waals surface area contributed by atoms with Gasteiger partial charge in [0.2, 0.25) is 5.91 Å². The van der Waals surface area contributed by atoms with Crippen LogP contribution < -0.4 is 5.32 Å². The van der Waals surface area contributed by atoms with E-state index in [-0.39, 0.29) is 11.7 Å². The number of alkyl halides is 2. The molecule has 0 aliphatic rings. The number of hydrogen-bond donors (Lipinski definition) is 1. The van der Waals surface area contributed by atoms with E-state index in [1.54, 1.807) is 35.6 Å². The first-order valence-electron chi connectivity index (χ1n) is 9.58. The highest BCUT2D eigenvalue weighted by Gasteiger charge is 2.17. The Morgan fingerprint density at radius 2 is 1.81 bits per heavy atom. The van der Waals surface area contributed by atoms with Crippen LogP contribution in [0.5, 0.6) is 0 Å². The van der Waals surface area contributed by atoms with Crippen molar-refractivity contribution < 1.29 is 13.6 Å². The van der Waals surface area contributed by atoms with Crippen molar-refractivity contribution in [3.8, 4) is 5.69 Å². The number of thioether (sulfide) groups is 2. The quantitative estimate of drug-likeness (QED) is 0.294. The molecule has 0 radical (unpaired) electrons.